The van der Waals surface area contributed by atoms with Crippen molar-refractivity contribution in [1.29, 1.82) is 0 Å². The Bertz CT molecular complexity index is 755. The quantitative estimate of drug-likeness (QED) is 0.750. The topological polar surface area (TPSA) is 44.2 Å². The van der Waals surface area contributed by atoms with Crippen LogP contribution in [0.5, 0.6) is 6.01 Å². The summed E-state index contributed by atoms with van der Waals surface area (Å²) in [6.45, 7) is 2.58. The van der Waals surface area contributed by atoms with Crippen molar-refractivity contribution in [3.8, 4) is 6.01 Å². The first-order valence-corrected chi connectivity index (χ1v) is 8.94. The van der Waals surface area contributed by atoms with Gasteiger partial charge in [-0.3, -0.25) is 0 Å². The fourth-order valence-electron chi connectivity index (χ4n) is 2.90. The number of methoxy groups -OCH3 is 1. The Morgan fingerprint density at radius 3 is 2.65 bits per heavy atom. The van der Waals surface area contributed by atoms with Crippen LogP contribution in [0.4, 0.5) is 13.2 Å². The average Bonchev–Trinajstić information content (AvgIpc) is 2.61. The van der Waals surface area contributed by atoms with Crippen LogP contribution >= 0.6 is 11.8 Å². The molecule has 0 aliphatic carbocycles. The third-order valence-corrected chi connectivity index (χ3v) is 5.65. The Kier molecular flexibility index (Phi) is 5.43. The van der Waals surface area contributed by atoms with E-state index in [1.165, 1.54) is 31.0 Å². The molecule has 4 nitrogen and oxygen atoms in total. The number of thioether (sulfide) groups is 1. The molecule has 1 aromatic carbocycles. The van der Waals surface area contributed by atoms with E-state index in [4.69, 9.17) is 9.47 Å². The summed E-state index contributed by atoms with van der Waals surface area (Å²) in [5, 5.41) is 0. The molecule has 8 heteroatoms. The van der Waals surface area contributed by atoms with Gasteiger partial charge in [-0.1, -0.05) is 6.07 Å². The van der Waals surface area contributed by atoms with E-state index < -0.39 is 11.7 Å². The number of hydrogen-bond acceptors (Lipinski definition) is 5. The van der Waals surface area contributed by atoms with Crippen molar-refractivity contribution in [1.82, 2.24) is 9.97 Å². The summed E-state index contributed by atoms with van der Waals surface area (Å²) in [5.74, 6) is 0. The maximum absolute atomic E-state index is 12.9. The normalized spacial score (nSPS) is 23.7. The molecular weight excluding hydrogens is 365 g/mol. The predicted molar refractivity (Wildman–Crippen MR) is 92.2 cm³/mol. The van der Waals surface area contributed by atoms with Gasteiger partial charge < -0.3 is 9.47 Å². The van der Waals surface area contributed by atoms with Crippen molar-refractivity contribution in [3.63, 3.8) is 0 Å². The Morgan fingerprint density at radius 1 is 1.27 bits per heavy atom. The lowest BCUT2D eigenvalue weighted by Crippen LogP contribution is -2.32. The van der Waals surface area contributed by atoms with Gasteiger partial charge in [0.15, 0.2) is 0 Å². The van der Waals surface area contributed by atoms with Gasteiger partial charge in [-0.15, -0.1) is 11.8 Å². The van der Waals surface area contributed by atoms with Crippen LogP contribution in [0.3, 0.4) is 0 Å². The number of nitrogens with zero attached hydrogens (tertiary/aromatic N) is 2. The first-order valence-electron chi connectivity index (χ1n) is 8.13. The van der Waals surface area contributed by atoms with Crippen molar-refractivity contribution >= 4 is 11.8 Å². The summed E-state index contributed by atoms with van der Waals surface area (Å²) in [5.41, 5.74) is 0.208. The van der Waals surface area contributed by atoms with Gasteiger partial charge in [0.05, 0.1) is 18.8 Å². The Balaban J connectivity index is 1.75. The molecule has 0 spiro atoms. The van der Waals surface area contributed by atoms with Crippen LogP contribution in [0.15, 0.2) is 41.6 Å². The van der Waals surface area contributed by atoms with Gasteiger partial charge in [-0.2, -0.15) is 13.2 Å². The second-order valence-electron chi connectivity index (χ2n) is 6.39. The van der Waals surface area contributed by atoms with Crippen molar-refractivity contribution in [3.05, 3.63) is 47.8 Å². The van der Waals surface area contributed by atoms with Crippen LogP contribution in [-0.2, 0) is 10.9 Å². The number of rotatable bonds is 4. The second kappa shape index (κ2) is 7.44. The maximum atomic E-state index is 12.9. The Morgan fingerprint density at radius 2 is 2.00 bits per heavy atom. The summed E-state index contributed by atoms with van der Waals surface area (Å²) in [6.07, 6.45) is 0.202. The summed E-state index contributed by atoms with van der Waals surface area (Å²) >= 11 is 1.46. The van der Waals surface area contributed by atoms with E-state index in [2.05, 4.69) is 16.9 Å². The summed E-state index contributed by atoms with van der Waals surface area (Å²) in [6, 6.07) is 5.74. The number of hydrogen-bond donors (Lipinski definition) is 0. The fraction of sp³-hybridized carbons (Fsp3) is 0.444. The molecule has 1 fully saturated rings. The minimum Gasteiger partial charge on any atom is -0.467 e. The molecule has 2 aromatic rings. The molecule has 2 unspecified atom stereocenters. The molecule has 0 amide bonds. The van der Waals surface area contributed by atoms with E-state index in [9.17, 15) is 13.2 Å². The van der Waals surface area contributed by atoms with Gasteiger partial charge >= 0.3 is 12.2 Å². The van der Waals surface area contributed by atoms with Crippen molar-refractivity contribution < 1.29 is 22.6 Å². The zero-order chi connectivity index (χ0) is 18.8. The predicted octanol–water partition coefficient (Wildman–Crippen LogP) is 4.91. The molecule has 26 heavy (non-hydrogen) atoms. The minimum absolute atomic E-state index is 0.196. The molecule has 140 valence electrons. The average molecular weight is 384 g/mol. The number of benzene rings is 1. The van der Waals surface area contributed by atoms with Gasteiger partial charge in [0, 0.05) is 34.2 Å². The van der Waals surface area contributed by atoms with Crippen molar-refractivity contribution in [2.45, 2.75) is 41.7 Å². The lowest BCUT2D eigenvalue weighted by atomic mass is 9.94. The van der Waals surface area contributed by atoms with Gasteiger partial charge in [0.2, 0.25) is 0 Å². The van der Waals surface area contributed by atoms with Gasteiger partial charge in [-0.05, 0) is 38.0 Å². The standard InChI is InChI=1S/C18H19F3N2O2S/c1-17(26-14-5-3-4-13(8-14)18(19,20)21)6-7-25-15(9-17)12-10-22-16(24-2)23-11-12/h3-5,8,10-11,15H,6-7,9H2,1-2H3. The highest BCUT2D eigenvalue weighted by molar-refractivity contribution is 8.00. The van der Waals surface area contributed by atoms with E-state index in [1.54, 1.807) is 18.5 Å². The van der Waals surface area contributed by atoms with Crippen LogP contribution < -0.4 is 4.74 Å². The van der Waals surface area contributed by atoms with Crippen LogP contribution in [-0.4, -0.2) is 28.4 Å². The lowest BCUT2D eigenvalue weighted by Gasteiger charge is -2.37. The van der Waals surface area contributed by atoms with Gasteiger partial charge in [0.1, 0.15) is 0 Å². The third-order valence-electron chi connectivity index (χ3n) is 4.30. The maximum Gasteiger partial charge on any atom is 0.416 e. The van der Waals surface area contributed by atoms with Gasteiger partial charge in [-0.25, -0.2) is 9.97 Å². The summed E-state index contributed by atoms with van der Waals surface area (Å²) < 4.78 is 49.3. The smallest absolute Gasteiger partial charge is 0.416 e. The summed E-state index contributed by atoms with van der Waals surface area (Å²) in [7, 11) is 1.49. The molecular formula is C18H19F3N2O2S. The Labute approximate surface area is 154 Å². The summed E-state index contributed by atoms with van der Waals surface area (Å²) in [4.78, 5) is 8.80. The molecule has 1 saturated heterocycles. The van der Waals surface area contributed by atoms with E-state index in [0.29, 0.717) is 17.9 Å². The largest absolute Gasteiger partial charge is 0.467 e. The zero-order valence-corrected chi connectivity index (χ0v) is 15.2. The molecule has 3 rings (SSSR count). The number of aromatic nitrogens is 2. The Hall–Kier alpha value is -1.80. The van der Waals surface area contributed by atoms with Crippen molar-refractivity contribution in [2.24, 2.45) is 0 Å². The van der Waals surface area contributed by atoms with Gasteiger partial charge in [0.25, 0.3) is 0 Å². The van der Waals surface area contributed by atoms with Crippen LogP contribution in [0.1, 0.15) is 37.0 Å². The first kappa shape index (κ1) is 19.0. The molecule has 1 aliphatic heterocycles. The molecule has 0 N–H and O–H groups in total. The zero-order valence-electron chi connectivity index (χ0n) is 14.4. The van der Waals surface area contributed by atoms with E-state index >= 15 is 0 Å². The van der Waals surface area contributed by atoms with E-state index in [1.807, 2.05) is 0 Å². The number of alkyl halides is 3. The minimum atomic E-state index is -4.34. The number of halogens is 3. The van der Waals surface area contributed by atoms with Crippen LogP contribution in [0, 0.1) is 0 Å². The fourth-order valence-corrected chi connectivity index (χ4v) is 4.22. The monoisotopic (exact) mass is 384 g/mol. The molecule has 2 heterocycles. The van der Waals surface area contributed by atoms with E-state index in [-0.39, 0.29) is 16.9 Å². The highest BCUT2D eigenvalue weighted by atomic mass is 32.2. The molecule has 0 saturated carbocycles. The first-order chi connectivity index (χ1) is 12.3. The SMILES string of the molecule is COc1ncc(C2CC(C)(Sc3cccc(C(F)(F)F)c3)CCO2)cn1. The van der Waals surface area contributed by atoms with Crippen molar-refractivity contribution in [2.75, 3.05) is 13.7 Å². The molecule has 0 radical (unpaired) electrons. The van der Waals surface area contributed by atoms with Crippen LogP contribution in [0.2, 0.25) is 0 Å². The highest BCUT2D eigenvalue weighted by Crippen LogP contribution is 2.46. The van der Waals surface area contributed by atoms with Crippen LogP contribution in [0.25, 0.3) is 0 Å². The highest BCUT2D eigenvalue weighted by Gasteiger charge is 2.36. The molecule has 2 atom stereocenters. The molecule has 1 aliphatic rings. The molecule has 1 aromatic heterocycles. The lowest BCUT2D eigenvalue weighted by molar-refractivity contribution is -0.137. The van der Waals surface area contributed by atoms with E-state index in [0.717, 1.165) is 18.1 Å². The molecule has 0 bridgehead atoms. The third kappa shape index (κ3) is 4.48. The number of ether oxygens (including phenoxy) is 2. The second-order valence-corrected chi connectivity index (χ2v) is 8.06.